The molecule has 3 heteroatoms. The first kappa shape index (κ1) is 11.5. The standard InChI is InChI=1S/C14H20N2S/c1-17-14(7-3-8-14)10-16-12-6-5-11-4-2-9-15-13(11)12/h2,4,9,12,16H,3,5-8,10H2,1H3. The smallest absolute Gasteiger partial charge is 0.0605 e. The number of nitrogens with one attached hydrogen (secondary N) is 1. The maximum Gasteiger partial charge on any atom is 0.0605 e. The number of aryl methyl sites for hydroxylation is 1. The Morgan fingerprint density at radius 3 is 3.12 bits per heavy atom. The van der Waals surface area contributed by atoms with Crippen molar-refractivity contribution < 1.29 is 0 Å². The minimum absolute atomic E-state index is 0.496. The van der Waals surface area contributed by atoms with E-state index in [4.69, 9.17) is 0 Å². The number of thioether (sulfide) groups is 1. The van der Waals surface area contributed by atoms with E-state index in [1.807, 2.05) is 18.0 Å². The van der Waals surface area contributed by atoms with Crippen LogP contribution in [0.2, 0.25) is 0 Å². The van der Waals surface area contributed by atoms with E-state index in [0.717, 1.165) is 6.54 Å². The van der Waals surface area contributed by atoms with Crippen LogP contribution in [0.3, 0.4) is 0 Å². The summed E-state index contributed by atoms with van der Waals surface area (Å²) in [5.41, 5.74) is 2.74. The van der Waals surface area contributed by atoms with E-state index in [2.05, 4.69) is 28.7 Å². The highest BCUT2D eigenvalue weighted by Gasteiger charge is 2.37. The molecule has 3 rings (SSSR count). The van der Waals surface area contributed by atoms with Crippen LogP contribution in [0.4, 0.5) is 0 Å². The van der Waals surface area contributed by atoms with Crippen molar-refractivity contribution in [3.63, 3.8) is 0 Å². The first-order valence-corrected chi connectivity index (χ1v) is 7.78. The van der Waals surface area contributed by atoms with Gasteiger partial charge in [-0.1, -0.05) is 12.5 Å². The van der Waals surface area contributed by atoms with Crippen LogP contribution in [-0.4, -0.2) is 22.5 Å². The zero-order valence-corrected chi connectivity index (χ0v) is 11.2. The molecule has 92 valence electrons. The topological polar surface area (TPSA) is 24.9 Å². The van der Waals surface area contributed by atoms with E-state index >= 15 is 0 Å². The van der Waals surface area contributed by atoms with Gasteiger partial charge in [0.05, 0.1) is 11.7 Å². The fraction of sp³-hybridized carbons (Fsp3) is 0.643. The molecule has 1 heterocycles. The van der Waals surface area contributed by atoms with Gasteiger partial charge >= 0.3 is 0 Å². The van der Waals surface area contributed by atoms with Gasteiger partial charge in [-0.15, -0.1) is 0 Å². The van der Waals surface area contributed by atoms with Crippen molar-refractivity contribution in [3.05, 3.63) is 29.6 Å². The fourth-order valence-electron chi connectivity index (χ4n) is 2.94. The number of aromatic nitrogens is 1. The van der Waals surface area contributed by atoms with Crippen LogP contribution < -0.4 is 5.32 Å². The molecule has 0 saturated heterocycles. The highest BCUT2D eigenvalue weighted by Crippen LogP contribution is 2.43. The molecule has 1 aromatic heterocycles. The SMILES string of the molecule is CSC1(CNC2CCc3cccnc32)CCC1. The lowest BCUT2D eigenvalue weighted by Crippen LogP contribution is -2.44. The van der Waals surface area contributed by atoms with Crippen molar-refractivity contribution >= 4 is 11.8 Å². The van der Waals surface area contributed by atoms with Gasteiger partial charge < -0.3 is 5.32 Å². The quantitative estimate of drug-likeness (QED) is 0.887. The molecule has 1 saturated carbocycles. The lowest BCUT2D eigenvalue weighted by atomic mass is 9.84. The Morgan fingerprint density at radius 1 is 1.53 bits per heavy atom. The number of fused-ring (bicyclic) bond motifs is 1. The van der Waals surface area contributed by atoms with Gasteiger partial charge in [0.2, 0.25) is 0 Å². The van der Waals surface area contributed by atoms with Gasteiger partial charge in [0, 0.05) is 17.5 Å². The molecule has 1 fully saturated rings. The summed E-state index contributed by atoms with van der Waals surface area (Å²) in [5, 5.41) is 3.75. The highest BCUT2D eigenvalue weighted by molar-refractivity contribution is 8.00. The minimum atomic E-state index is 0.496. The highest BCUT2D eigenvalue weighted by atomic mass is 32.2. The zero-order valence-electron chi connectivity index (χ0n) is 10.4. The zero-order chi connectivity index (χ0) is 11.7. The summed E-state index contributed by atoms with van der Waals surface area (Å²) in [6.45, 7) is 1.15. The van der Waals surface area contributed by atoms with Crippen LogP contribution in [0.15, 0.2) is 18.3 Å². The summed E-state index contributed by atoms with van der Waals surface area (Å²) in [7, 11) is 0. The number of hydrogen-bond donors (Lipinski definition) is 1. The maximum atomic E-state index is 4.54. The van der Waals surface area contributed by atoms with E-state index < -0.39 is 0 Å². The van der Waals surface area contributed by atoms with E-state index in [1.165, 1.54) is 43.4 Å². The molecule has 1 unspecified atom stereocenters. The summed E-state index contributed by atoms with van der Waals surface area (Å²) in [4.78, 5) is 4.54. The summed E-state index contributed by atoms with van der Waals surface area (Å²) < 4.78 is 0.525. The molecule has 1 aromatic rings. The van der Waals surface area contributed by atoms with Crippen LogP contribution in [0.1, 0.15) is 43.0 Å². The van der Waals surface area contributed by atoms with Crippen LogP contribution in [0, 0.1) is 0 Å². The monoisotopic (exact) mass is 248 g/mol. The predicted molar refractivity (Wildman–Crippen MR) is 73.4 cm³/mol. The molecule has 17 heavy (non-hydrogen) atoms. The van der Waals surface area contributed by atoms with E-state index in [1.54, 1.807) is 0 Å². The van der Waals surface area contributed by atoms with Crippen LogP contribution in [0.5, 0.6) is 0 Å². The second kappa shape index (κ2) is 4.62. The largest absolute Gasteiger partial charge is 0.307 e. The number of nitrogens with zero attached hydrogens (tertiary/aromatic N) is 1. The third-order valence-electron chi connectivity index (χ3n) is 4.33. The van der Waals surface area contributed by atoms with E-state index in [-0.39, 0.29) is 0 Å². The molecule has 2 aliphatic rings. The van der Waals surface area contributed by atoms with Gasteiger partial charge in [-0.3, -0.25) is 4.98 Å². The Labute approximate surface area is 108 Å². The van der Waals surface area contributed by atoms with Crippen LogP contribution >= 0.6 is 11.8 Å². The van der Waals surface area contributed by atoms with Gasteiger partial charge in [-0.05, 0) is 43.6 Å². The van der Waals surface area contributed by atoms with Gasteiger partial charge in [0.1, 0.15) is 0 Å². The van der Waals surface area contributed by atoms with Crippen molar-refractivity contribution in [2.75, 3.05) is 12.8 Å². The Hall–Kier alpha value is -0.540. The van der Waals surface area contributed by atoms with Gasteiger partial charge in [-0.25, -0.2) is 0 Å². The summed E-state index contributed by atoms with van der Waals surface area (Å²) in [6, 6.07) is 4.77. The molecule has 1 N–H and O–H groups in total. The Bertz CT molecular complexity index is 395. The average molecular weight is 248 g/mol. The lowest BCUT2D eigenvalue weighted by Gasteiger charge is -2.41. The number of hydrogen-bond acceptors (Lipinski definition) is 3. The van der Waals surface area contributed by atoms with Gasteiger partial charge in [-0.2, -0.15) is 11.8 Å². The average Bonchev–Trinajstić information content (AvgIpc) is 2.72. The molecule has 0 amide bonds. The molecule has 0 radical (unpaired) electrons. The number of rotatable bonds is 4. The third-order valence-corrected chi connectivity index (χ3v) is 5.75. The van der Waals surface area contributed by atoms with Crippen molar-refractivity contribution in [2.24, 2.45) is 0 Å². The summed E-state index contributed by atoms with van der Waals surface area (Å²) >= 11 is 2.04. The second-order valence-corrected chi connectivity index (χ2v) is 6.53. The minimum Gasteiger partial charge on any atom is -0.307 e. The molecule has 2 aliphatic carbocycles. The molecule has 0 spiro atoms. The molecule has 0 bridgehead atoms. The molecular formula is C14H20N2S. The second-order valence-electron chi connectivity index (χ2n) is 5.26. The predicted octanol–water partition coefficient (Wildman–Crippen LogP) is 2.94. The van der Waals surface area contributed by atoms with Crippen molar-refractivity contribution in [3.8, 4) is 0 Å². The molecule has 0 aliphatic heterocycles. The first-order chi connectivity index (χ1) is 8.33. The van der Waals surface area contributed by atoms with Crippen molar-refractivity contribution in [1.82, 2.24) is 10.3 Å². The Kier molecular flexibility index (Phi) is 3.14. The molecule has 0 aromatic carbocycles. The number of pyridine rings is 1. The summed E-state index contributed by atoms with van der Waals surface area (Å²) in [5.74, 6) is 0. The van der Waals surface area contributed by atoms with E-state index in [9.17, 15) is 0 Å². The molecular weight excluding hydrogens is 228 g/mol. The summed E-state index contributed by atoms with van der Waals surface area (Å²) in [6.07, 6.45) is 10.7. The van der Waals surface area contributed by atoms with Crippen molar-refractivity contribution in [1.29, 1.82) is 0 Å². The van der Waals surface area contributed by atoms with Crippen LogP contribution in [-0.2, 0) is 6.42 Å². The lowest BCUT2D eigenvalue weighted by molar-refractivity contribution is 0.329. The van der Waals surface area contributed by atoms with Gasteiger partial charge in [0.15, 0.2) is 0 Å². The first-order valence-electron chi connectivity index (χ1n) is 6.55. The van der Waals surface area contributed by atoms with Crippen LogP contribution in [0.25, 0.3) is 0 Å². The third kappa shape index (κ3) is 2.11. The molecule has 1 atom stereocenters. The fourth-order valence-corrected chi connectivity index (χ4v) is 3.87. The molecule has 2 nitrogen and oxygen atoms in total. The van der Waals surface area contributed by atoms with Crippen molar-refractivity contribution in [2.45, 2.75) is 42.9 Å². The Morgan fingerprint density at radius 2 is 2.41 bits per heavy atom. The normalized spacial score (nSPS) is 25.4. The maximum absolute atomic E-state index is 4.54. The van der Waals surface area contributed by atoms with E-state index in [0.29, 0.717) is 10.8 Å². The van der Waals surface area contributed by atoms with Gasteiger partial charge in [0.25, 0.3) is 0 Å². The Balaban J connectivity index is 1.64.